The molecule has 1 aliphatic rings. The van der Waals surface area contributed by atoms with Gasteiger partial charge in [-0.3, -0.25) is 30.1 Å². The lowest BCUT2D eigenvalue weighted by atomic mass is 10.2. The fourth-order valence-corrected chi connectivity index (χ4v) is 3.69. The number of nitrogens with zero attached hydrogens (tertiary/aromatic N) is 1. The number of anilines is 1. The molecule has 0 atom stereocenters. The summed E-state index contributed by atoms with van der Waals surface area (Å²) in [5.74, 6) is -0.635. The minimum absolute atomic E-state index is 0.120. The Bertz CT molecular complexity index is 862. The van der Waals surface area contributed by atoms with E-state index in [1.165, 1.54) is 16.2 Å². The van der Waals surface area contributed by atoms with Crippen molar-refractivity contribution >= 4 is 34.7 Å². The van der Waals surface area contributed by atoms with E-state index in [1.807, 2.05) is 19.9 Å². The third kappa shape index (κ3) is 3.70. The molecule has 1 aromatic heterocycles. The third-order valence-electron chi connectivity index (χ3n) is 4.05. The number of hydrogen-bond acceptors (Lipinski definition) is 5. The standard InChI is InChI=1S/C18H19N3O4S/c1-3-12-8-15(26-11(12)2)18(24)20-19-16(22)9-21-13-6-4-5-7-14(13)25-10-17(21)23/h4-8H,3,9-10H2,1-2H3,(H,19,22)(H,20,24). The monoisotopic (exact) mass is 373 g/mol. The van der Waals surface area contributed by atoms with E-state index in [0.29, 0.717) is 16.3 Å². The summed E-state index contributed by atoms with van der Waals surface area (Å²) in [6.07, 6.45) is 0.848. The Labute approximate surface area is 154 Å². The number of para-hydroxylation sites is 2. The second kappa shape index (κ2) is 7.57. The summed E-state index contributed by atoms with van der Waals surface area (Å²) in [6.45, 7) is 3.66. The Morgan fingerprint density at radius 1 is 1.27 bits per heavy atom. The second-order valence-electron chi connectivity index (χ2n) is 5.78. The predicted octanol–water partition coefficient (Wildman–Crippen LogP) is 1.81. The van der Waals surface area contributed by atoms with E-state index in [0.717, 1.165) is 16.9 Å². The lowest BCUT2D eigenvalue weighted by Crippen LogP contribution is -2.49. The van der Waals surface area contributed by atoms with Gasteiger partial charge >= 0.3 is 0 Å². The molecule has 1 aromatic carbocycles. The average molecular weight is 373 g/mol. The lowest BCUT2D eigenvalue weighted by molar-refractivity contribution is -0.125. The summed E-state index contributed by atoms with van der Waals surface area (Å²) >= 11 is 1.38. The van der Waals surface area contributed by atoms with Crippen molar-refractivity contribution in [3.8, 4) is 5.75 Å². The smallest absolute Gasteiger partial charge is 0.279 e. The molecule has 2 N–H and O–H groups in total. The minimum Gasteiger partial charge on any atom is -0.482 e. The van der Waals surface area contributed by atoms with Gasteiger partial charge < -0.3 is 4.74 Å². The highest BCUT2D eigenvalue weighted by molar-refractivity contribution is 7.14. The van der Waals surface area contributed by atoms with Crippen LogP contribution >= 0.6 is 11.3 Å². The van der Waals surface area contributed by atoms with Gasteiger partial charge in [-0.25, -0.2) is 0 Å². The summed E-state index contributed by atoms with van der Waals surface area (Å²) in [4.78, 5) is 39.4. The number of carbonyl (C=O) groups excluding carboxylic acids is 3. The predicted molar refractivity (Wildman–Crippen MR) is 98.3 cm³/mol. The lowest BCUT2D eigenvalue weighted by Gasteiger charge is -2.28. The quantitative estimate of drug-likeness (QED) is 0.800. The first-order valence-corrected chi connectivity index (χ1v) is 9.02. The van der Waals surface area contributed by atoms with Gasteiger partial charge in [0.05, 0.1) is 10.6 Å². The molecule has 0 radical (unpaired) electrons. The highest BCUT2D eigenvalue weighted by Gasteiger charge is 2.27. The number of benzene rings is 1. The van der Waals surface area contributed by atoms with Crippen LogP contribution in [-0.2, 0) is 16.0 Å². The van der Waals surface area contributed by atoms with E-state index in [2.05, 4.69) is 10.9 Å². The van der Waals surface area contributed by atoms with Crippen molar-refractivity contribution in [3.05, 3.63) is 45.6 Å². The Morgan fingerprint density at radius 3 is 2.77 bits per heavy atom. The number of amides is 3. The van der Waals surface area contributed by atoms with Crippen LogP contribution in [0.5, 0.6) is 5.75 Å². The summed E-state index contributed by atoms with van der Waals surface area (Å²) in [5, 5.41) is 0. The normalized spacial score (nSPS) is 13.0. The molecule has 7 nitrogen and oxygen atoms in total. The number of aryl methyl sites for hydroxylation is 2. The highest BCUT2D eigenvalue weighted by atomic mass is 32.1. The van der Waals surface area contributed by atoms with Crippen LogP contribution in [0.25, 0.3) is 0 Å². The van der Waals surface area contributed by atoms with Gasteiger partial charge in [-0.2, -0.15) is 0 Å². The number of fused-ring (bicyclic) bond motifs is 1. The van der Waals surface area contributed by atoms with Crippen molar-refractivity contribution in [3.63, 3.8) is 0 Å². The molecule has 8 heteroatoms. The molecule has 0 saturated carbocycles. The van der Waals surface area contributed by atoms with Crippen LogP contribution < -0.4 is 20.5 Å². The van der Waals surface area contributed by atoms with Crippen molar-refractivity contribution in [2.75, 3.05) is 18.1 Å². The Balaban J connectivity index is 1.60. The molecule has 1 aliphatic heterocycles. The Kier molecular flexibility index (Phi) is 5.22. The van der Waals surface area contributed by atoms with E-state index in [9.17, 15) is 14.4 Å². The molecule has 0 bridgehead atoms. The summed E-state index contributed by atoms with van der Waals surface area (Å²) in [6, 6.07) is 8.82. The Hall–Kier alpha value is -2.87. The summed E-state index contributed by atoms with van der Waals surface area (Å²) < 4.78 is 5.34. The number of thiophene rings is 1. The first-order valence-electron chi connectivity index (χ1n) is 8.20. The van der Waals surface area contributed by atoms with Gasteiger partial charge in [-0.15, -0.1) is 11.3 Å². The third-order valence-corrected chi connectivity index (χ3v) is 5.14. The van der Waals surface area contributed by atoms with Gasteiger partial charge in [0, 0.05) is 4.88 Å². The van der Waals surface area contributed by atoms with Gasteiger partial charge in [0.15, 0.2) is 6.61 Å². The average Bonchev–Trinajstić information content (AvgIpc) is 3.03. The number of ether oxygens (including phenoxy) is 1. The molecule has 3 rings (SSSR count). The van der Waals surface area contributed by atoms with E-state index >= 15 is 0 Å². The first kappa shape index (κ1) is 17.9. The summed E-state index contributed by atoms with van der Waals surface area (Å²) in [7, 11) is 0. The minimum atomic E-state index is -0.493. The molecule has 0 saturated heterocycles. The van der Waals surface area contributed by atoms with Gasteiger partial charge in [0.1, 0.15) is 12.3 Å². The fourth-order valence-electron chi connectivity index (χ4n) is 2.68. The van der Waals surface area contributed by atoms with Crippen LogP contribution in [0.2, 0.25) is 0 Å². The number of hydrazine groups is 1. The largest absolute Gasteiger partial charge is 0.482 e. The van der Waals surface area contributed by atoms with E-state index in [4.69, 9.17) is 4.74 Å². The van der Waals surface area contributed by atoms with Crippen molar-refractivity contribution < 1.29 is 19.1 Å². The second-order valence-corrected chi connectivity index (χ2v) is 7.04. The zero-order valence-electron chi connectivity index (χ0n) is 14.5. The van der Waals surface area contributed by atoms with Gasteiger partial charge in [-0.05, 0) is 37.1 Å². The zero-order valence-corrected chi connectivity index (χ0v) is 15.3. The summed E-state index contributed by atoms with van der Waals surface area (Å²) in [5.41, 5.74) is 6.40. The van der Waals surface area contributed by atoms with Crippen LogP contribution in [0.4, 0.5) is 5.69 Å². The maximum absolute atomic E-state index is 12.2. The van der Waals surface area contributed by atoms with Crippen LogP contribution in [0, 0.1) is 6.92 Å². The van der Waals surface area contributed by atoms with E-state index in [1.54, 1.807) is 24.3 Å². The maximum Gasteiger partial charge on any atom is 0.279 e. The molecule has 3 amide bonds. The molecule has 0 aliphatic carbocycles. The van der Waals surface area contributed by atoms with Crippen LogP contribution in [-0.4, -0.2) is 30.9 Å². The molecule has 136 valence electrons. The Morgan fingerprint density at radius 2 is 2.04 bits per heavy atom. The van der Waals surface area contributed by atoms with E-state index in [-0.39, 0.29) is 25.0 Å². The molecule has 26 heavy (non-hydrogen) atoms. The highest BCUT2D eigenvalue weighted by Crippen LogP contribution is 2.31. The molecular weight excluding hydrogens is 354 g/mol. The number of rotatable bonds is 4. The fraction of sp³-hybridized carbons (Fsp3) is 0.278. The molecule has 2 heterocycles. The topological polar surface area (TPSA) is 87.7 Å². The maximum atomic E-state index is 12.2. The number of carbonyl (C=O) groups is 3. The van der Waals surface area contributed by atoms with Crippen molar-refractivity contribution in [2.24, 2.45) is 0 Å². The van der Waals surface area contributed by atoms with E-state index < -0.39 is 5.91 Å². The molecule has 0 spiro atoms. The SMILES string of the molecule is CCc1cc(C(=O)NNC(=O)CN2C(=O)COc3ccccc32)sc1C. The van der Waals surface area contributed by atoms with Gasteiger partial charge in [0.25, 0.3) is 17.7 Å². The molecular formula is C18H19N3O4S. The van der Waals surface area contributed by atoms with Crippen LogP contribution in [0.3, 0.4) is 0 Å². The molecule has 2 aromatic rings. The first-order chi connectivity index (χ1) is 12.5. The number of nitrogens with one attached hydrogen (secondary N) is 2. The van der Waals surface area contributed by atoms with Gasteiger partial charge in [0.2, 0.25) is 0 Å². The zero-order chi connectivity index (χ0) is 18.7. The molecule has 0 unspecified atom stereocenters. The van der Waals surface area contributed by atoms with Crippen LogP contribution in [0.15, 0.2) is 30.3 Å². The van der Waals surface area contributed by atoms with Crippen molar-refractivity contribution in [2.45, 2.75) is 20.3 Å². The van der Waals surface area contributed by atoms with Gasteiger partial charge in [-0.1, -0.05) is 19.1 Å². The van der Waals surface area contributed by atoms with Crippen LogP contribution in [0.1, 0.15) is 27.0 Å². The van der Waals surface area contributed by atoms with Crippen molar-refractivity contribution in [1.29, 1.82) is 0 Å². The van der Waals surface area contributed by atoms with Crippen molar-refractivity contribution in [1.82, 2.24) is 10.9 Å². The number of hydrogen-bond donors (Lipinski definition) is 2. The molecule has 0 fully saturated rings.